The maximum atomic E-state index is 12.3. The van der Waals surface area contributed by atoms with Gasteiger partial charge in [0.1, 0.15) is 5.57 Å². The highest BCUT2D eigenvalue weighted by Gasteiger charge is 2.54. The van der Waals surface area contributed by atoms with Crippen molar-refractivity contribution in [2.75, 3.05) is 0 Å². The second-order valence-corrected chi connectivity index (χ2v) is 5.99. The minimum absolute atomic E-state index is 0.0599. The highest BCUT2D eigenvalue weighted by atomic mass is 16.6. The van der Waals surface area contributed by atoms with Gasteiger partial charge in [-0.25, -0.2) is 4.79 Å². The van der Waals surface area contributed by atoms with E-state index < -0.39 is 12.1 Å². The monoisotopic (exact) mass is 272 g/mol. The molecule has 1 saturated carbocycles. The maximum Gasteiger partial charge on any atom is 0.347 e. The first-order valence-corrected chi connectivity index (χ1v) is 6.95. The Balaban J connectivity index is 1.36. The predicted octanol–water partition coefficient (Wildman–Crippen LogP) is 1.22. The van der Waals surface area contributed by atoms with Gasteiger partial charge < -0.3 is 14.2 Å². The van der Waals surface area contributed by atoms with Gasteiger partial charge in [-0.3, -0.25) is 4.79 Å². The lowest BCUT2D eigenvalue weighted by atomic mass is 9.93. The van der Waals surface area contributed by atoms with Gasteiger partial charge in [0, 0.05) is 0 Å². The van der Waals surface area contributed by atoms with Gasteiger partial charge >= 0.3 is 11.9 Å². The van der Waals surface area contributed by atoms with Crippen LogP contribution in [-0.2, 0) is 23.8 Å². The van der Waals surface area contributed by atoms with Crippen LogP contribution in [0.5, 0.6) is 0 Å². The fourth-order valence-electron chi connectivity index (χ4n) is 3.90. The van der Waals surface area contributed by atoms with Crippen molar-refractivity contribution in [1.29, 1.82) is 0 Å². The van der Waals surface area contributed by atoms with Crippen molar-refractivity contribution in [3.63, 3.8) is 0 Å². The number of carbonyl (C=O) groups is 2. The van der Waals surface area contributed by atoms with Gasteiger partial charge in [-0.2, -0.15) is 0 Å². The quantitative estimate of drug-likeness (QED) is 0.558. The topological polar surface area (TPSA) is 61.8 Å². The van der Waals surface area contributed by atoms with Crippen LogP contribution in [0.2, 0.25) is 0 Å². The van der Waals surface area contributed by atoms with Gasteiger partial charge in [0.05, 0.1) is 5.92 Å². The van der Waals surface area contributed by atoms with Crippen LogP contribution in [0, 0.1) is 17.8 Å². The number of esters is 2. The molecule has 0 N–H and O–H groups in total. The van der Waals surface area contributed by atoms with Crippen molar-refractivity contribution >= 4 is 11.9 Å². The summed E-state index contributed by atoms with van der Waals surface area (Å²) in [5.74, 6) is 1.01. The van der Waals surface area contributed by atoms with Crippen molar-refractivity contribution in [2.45, 2.75) is 25.0 Å². The smallest absolute Gasteiger partial charge is 0.347 e. The van der Waals surface area contributed by atoms with Crippen LogP contribution in [0.4, 0.5) is 0 Å². The summed E-state index contributed by atoms with van der Waals surface area (Å²) in [4.78, 5) is 23.9. The van der Waals surface area contributed by atoms with E-state index in [1.807, 2.05) is 0 Å². The summed E-state index contributed by atoms with van der Waals surface area (Å²) in [6.07, 6.45) is 6.94. The van der Waals surface area contributed by atoms with E-state index in [4.69, 9.17) is 14.2 Å². The highest BCUT2D eigenvalue weighted by Crippen LogP contribution is 2.47. The Morgan fingerprint density at radius 3 is 2.95 bits per heavy atom. The third kappa shape index (κ3) is 1.18. The van der Waals surface area contributed by atoms with Crippen LogP contribution < -0.4 is 0 Å². The zero-order valence-corrected chi connectivity index (χ0v) is 10.6. The molecule has 5 aliphatic rings. The van der Waals surface area contributed by atoms with Crippen molar-refractivity contribution in [2.24, 2.45) is 17.8 Å². The molecule has 5 rings (SSSR count). The van der Waals surface area contributed by atoms with Gasteiger partial charge in [-0.05, 0) is 30.8 Å². The van der Waals surface area contributed by atoms with E-state index in [1.165, 1.54) is 0 Å². The zero-order chi connectivity index (χ0) is 13.4. The summed E-state index contributed by atoms with van der Waals surface area (Å²) < 4.78 is 16.2. The number of hydrogen-bond acceptors (Lipinski definition) is 5. The number of hydrogen-bond donors (Lipinski definition) is 0. The molecule has 4 unspecified atom stereocenters. The van der Waals surface area contributed by atoms with Gasteiger partial charge in [-0.1, -0.05) is 12.2 Å². The molecule has 0 aromatic heterocycles. The van der Waals surface area contributed by atoms with E-state index in [0.29, 0.717) is 28.9 Å². The van der Waals surface area contributed by atoms with Crippen molar-refractivity contribution in [3.05, 3.63) is 35.3 Å². The van der Waals surface area contributed by atoms with Crippen molar-refractivity contribution in [3.8, 4) is 0 Å². The molecule has 0 aromatic rings. The molecule has 102 valence electrons. The fourth-order valence-corrected chi connectivity index (χ4v) is 3.90. The van der Waals surface area contributed by atoms with Crippen LogP contribution in [0.25, 0.3) is 0 Å². The molecular weight excluding hydrogens is 260 g/mol. The van der Waals surface area contributed by atoms with Crippen LogP contribution in [0.1, 0.15) is 12.8 Å². The Kier molecular flexibility index (Phi) is 1.79. The van der Waals surface area contributed by atoms with E-state index in [1.54, 1.807) is 6.08 Å². The number of allylic oxidation sites excluding steroid dienone is 2. The SMILES string of the molecule is O=C1OC2=C3O[C@@H](C=C13)C2OC(=O)C1CC2C=CC1C2. The molecule has 1 fully saturated rings. The lowest BCUT2D eigenvalue weighted by Gasteiger charge is -2.21. The minimum Gasteiger partial charge on any atom is -0.477 e. The number of rotatable bonds is 2. The minimum atomic E-state index is -0.587. The molecule has 5 nitrogen and oxygen atoms in total. The lowest BCUT2D eigenvalue weighted by molar-refractivity contribution is -0.158. The summed E-state index contributed by atoms with van der Waals surface area (Å²) in [7, 11) is 0. The molecule has 5 heteroatoms. The first-order valence-electron chi connectivity index (χ1n) is 6.95. The average Bonchev–Trinajstić information content (AvgIpc) is 3.19. The first-order chi connectivity index (χ1) is 9.70. The summed E-state index contributed by atoms with van der Waals surface area (Å²) in [6.45, 7) is 0. The van der Waals surface area contributed by atoms with Crippen LogP contribution in [-0.4, -0.2) is 24.1 Å². The Morgan fingerprint density at radius 1 is 1.30 bits per heavy atom. The first kappa shape index (κ1) is 10.7. The molecule has 0 radical (unpaired) electrons. The standard InChI is InChI=1S/C15H12O5/c16-14(8-4-6-1-2-7(8)3-6)19-12-10-5-9-11(18-10)13(12)20-15(9)17/h1-2,5-8,10,12H,3-4H2/t6?,7?,8?,10-,12?/m0/s1. The van der Waals surface area contributed by atoms with E-state index in [0.717, 1.165) is 12.8 Å². The fraction of sp³-hybridized carbons (Fsp3) is 0.467. The Bertz CT molecular complexity index is 641. The third-order valence-corrected chi connectivity index (χ3v) is 4.86. The van der Waals surface area contributed by atoms with E-state index in [9.17, 15) is 9.59 Å². The Morgan fingerprint density at radius 2 is 2.20 bits per heavy atom. The Labute approximate surface area is 114 Å². The summed E-state index contributed by atoms with van der Waals surface area (Å²) in [5, 5.41) is 0. The van der Waals surface area contributed by atoms with Crippen molar-refractivity contribution < 1.29 is 23.8 Å². The highest BCUT2D eigenvalue weighted by molar-refractivity contribution is 5.98. The molecule has 20 heavy (non-hydrogen) atoms. The molecule has 4 bridgehead atoms. The van der Waals surface area contributed by atoms with Crippen LogP contribution in [0.15, 0.2) is 35.3 Å². The Hall–Kier alpha value is -2.04. The molecule has 0 amide bonds. The maximum absolute atomic E-state index is 12.3. The number of ether oxygens (including phenoxy) is 3. The van der Waals surface area contributed by atoms with Gasteiger partial charge in [-0.15, -0.1) is 0 Å². The number of fused-ring (bicyclic) bond motifs is 3. The molecule has 3 heterocycles. The van der Waals surface area contributed by atoms with Gasteiger partial charge in [0.25, 0.3) is 0 Å². The second-order valence-electron chi connectivity index (χ2n) is 5.99. The zero-order valence-electron chi connectivity index (χ0n) is 10.6. The normalized spacial score (nSPS) is 42.1. The second kappa shape index (κ2) is 3.34. The molecule has 2 aliphatic carbocycles. The third-order valence-electron chi connectivity index (χ3n) is 4.86. The average molecular weight is 272 g/mol. The molecule has 5 atom stereocenters. The van der Waals surface area contributed by atoms with E-state index >= 15 is 0 Å². The molecule has 3 aliphatic heterocycles. The molecule has 0 spiro atoms. The molecular formula is C15H12O5. The lowest BCUT2D eigenvalue weighted by Crippen LogP contribution is -2.32. The van der Waals surface area contributed by atoms with Gasteiger partial charge in [0.15, 0.2) is 17.6 Å². The molecule has 0 aromatic carbocycles. The van der Waals surface area contributed by atoms with Crippen LogP contribution >= 0.6 is 0 Å². The molecule has 0 saturated heterocycles. The number of carbonyl (C=O) groups excluding carboxylic acids is 2. The largest absolute Gasteiger partial charge is 0.477 e. The van der Waals surface area contributed by atoms with Crippen LogP contribution in [0.3, 0.4) is 0 Å². The summed E-state index contributed by atoms with van der Waals surface area (Å²) in [6, 6.07) is 0. The van der Waals surface area contributed by atoms with E-state index in [-0.39, 0.29) is 18.0 Å². The summed E-state index contributed by atoms with van der Waals surface area (Å²) >= 11 is 0. The summed E-state index contributed by atoms with van der Waals surface area (Å²) in [5.41, 5.74) is 0.472. The van der Waals surface area contributed by atoms with E-state index in [2.05, 4.69) is 12.2 Å². The van der Waals surface area contributed by atoms with Gasteiger partial charge in [0.2, 0.25) is 6.10 Å². The predicted molar refractivity (Wildman–Crippen MR) is 64.8 cm³/mol. The van der Waals surface area contributed by atoms with Crippen molar-refractivity contribution in [1.82, 2.24) is 0 Å².